The van der Waals surface area contributed by atoms with Gasteiger partial charge in [0.25, 0.3) is 0 Å². The first-order valence-electron chi connectivity index (χ1n) is 5.26. The molecule has 0 radical (unpaired) electrons. The van der Waals surface area contributed by atoms with Crippen molar-refractivity contribution in [3.63, 3.8) is 0 Å². The molecule has 4 nitrogen and oxygen atoms in total. The van der Waals surface area contributed by atoms with Crippen molar-refractivity contribution in [2.75, 3.05) is 0 Å². The molecule has 18 heavy (non-hydrogen) atoms. The largest absolute Gasteiger partial charge is 0.401 e. The van der Waals surface area contributed by atoms with Crippen molar-refractivity contribution in [2.45, 2.75) is 0 Å². The third-order valence-corrected chi connectivity index (χ3v) is 2.81. The maximum absolute atomic E-state index is 11.9. The molecule has 2 heterocycles. The quantitative estimate of drug-likeness (QED) is 0.673. The van der Waals surface area contributed by atoms with Gasteiger partial charge in [-0.15, -0.1) is 0 Å². The van der Waals surface area contributed by atoms with Crippen LogP contribution in [0.3, 0.4) is 0 Å². The highest BCUT2D eigenvalue weighted by atomic mass is 35.5. The number of rotatable bonds is 1. The summed E-state index contributed by atoms with van der Waals surface area (Å²) in [5.74, 6) is 0.190. The molecule has 0 spiro atoms. The molecule has 88 valence electrons. The Morgan fingerprint density at radius 2 is 2.00 bits per heavy atom. The molecule has 2 aromatic heterocycles. The van der Waals surface area contributed by atoms with E-state index in [-0.39, 0.29) is 5.89 Å². The topological polar surface area (TPSA) is 56.0 Å². The molecule has 3 aromatic rings. The van der Waals surface area contributed by atoms with Crippen molar-refractivity contribution in [1.82, 2.24) is 9.97 Å². The number of fused-ring (bicyclic) bond motifs is 1. The first-order chi connectivity index (χ1) is 8.75. The van der Waals surface area contributed by atoms with E-state index in [1.54, 1.807) is 42.6 Å². The van der Waals surface area contributed by atoms with Gasteiger partial charge in [-0.1, -0.05) is 23.7 Å². The second-order valence-corrected chi connectivity index (χ2v) is 4.06. The van der Waals surface area contributed by atoms with Gasteiger partial charge in [0.2, 0.25) is 5.89 Å². The highest BCUT2D eigenvalue weighted by Crippen LogP contribution is 2.21. The second-order valence-electron chi connectivity index (χ2n) is 3.66. The fraction of sp³-hybridized carbons (Fsp3) is 0. The van der Waals surface area contributed by atoms with Gasteiger partial charge in [-0.3, -0.25) is 4.98 Å². The lowest BCUT2D eigenvalue weighted by atomic mass is 10.2. The van der Waals surface area contributed by atoms with E-state index in [9.17, 15) is 4.79 Å². The van der Waals surface area contributed by atoms with E-state index in [1.807, 2.05) is 0 Å². The molecule has 0 aliphatic carbocycles. The molecular formula is C13H7ClN2O2. The lowest BCUT2D eigenvalue weighted by Crippen LogP contribution is -2.04. The molecule has 0 saturated carbocycles. The molecule has 0 fully saturated rings. The summed E-state index contributed by atoms with van der Waals surface area (Å²) in [5, 5.41) is 0.625. The summed E-state index contributed by atoms with van der Waals surface area (Å²) in [4.78, 5) is 20.2. The van der Waals surface area contributed by atoms with Gasteiger partial charge in [-0.05, 0) is 24.3 Å². The molecule has 0 aliphatic rings. The van der Waals surface area contributed by atoms with Gasteiger partial charge in [-0.2, -0.15) is 0 Å². The van der Waals surface area contributed by atoms with Gasteiger partial charge in [0.1, 0.15) is 11.1 Å². The summed E-state index contributed by atoms with van der Waals surface area (Å²) in [6, 6.07) is 10.4. The Morgan fingerprint density at radius 1 is 1.11 bits per heavy atom. The van der Waals surface area contributed by atoms with Crippen molar-refractivity contribution in [3.05, 3.63) is 58.0 Å². The average Bonchev–Trinajstić information content (AvgIpc) is 2.39. The van der Waals surface area contributed by atoms with Crippen molar-refractivity contribution in [1.29, 1.82) is 0 Å². The van der Waals surface area contributed by atoms with Crippen molar-refractivity contribution < 1.29 is 4.42 Å². The van der Waals surface area contributed by atoms with Gasteiger partial charge >= 0.3 is 5.63 Å². The zero-order valence-corrected chi connectivity index (χ0v) is 9.89. The minimum Gasteiger partial charge on any atom is -0.401 e. The van der Waals surface area contributed by atoms with E-state index in [0.717, 1.165) is 0 Å². The zero-order valence-electron chi connectivity index (χ0n) is 9.13. The first kappa shape index (κ1) is 10.9. The van der Waals surface area contributed by atoms with Gasteiger partial charge in [-0.25, -0.2) is 9.78 Å². The van der Waals surface area contributed by atoms with Crippen molar-refractivity contribution >= 4 is 22.5 Å². The Bertz CT molecular complexity index is 769. The van der Waals surface area contributed by atoms with Crippen LogP contribution in [0.5, 0.6) is 0 Å². The molecule has 5 heteroatoms. The van der Waals surface area contributed by atoms with Gasteiger partial charge in [0.15, 0.2) is 0 Å². The van der Waals surface area contributed by atoms with Crippen LogP contribution in [-0.2, 0) is 0 Å². The Hall–Kier alpha value is -2.20. The highest BCUT2D eigenvalue weighted by Gasteiger charge is 2.11. The van der Waals surface area contributed by atoms with Crippen LogP contribution in [0.1, 0.15) is 0 Å². The lowest BCUT2D eigenvalue weighted by Gasteiger charge is -2.01. The smallest absolute Gasteiger partial charge is 0.348 e. The Morgan fingerprint density at radius 3 is 2.78 bits per heavy atom. The normalized spacial score (nSPS) is 10.7. The fourth-order valence-electron chi connectivity index (χ4n) is 1.68. The minimum atomic E-state index is -0.508. The molecule has 0 saturated heterocycles. The summed E-state index contributed by atoms with van der Waals surface area (Å²) >= 11 is 5.95. The summed E-state index contributed by atoms with van der Waals surface area (Å²) in [6.45, 7) is 0. The number of benzene rings is 1. The number of nitrogens with zero attached hydrogens (tertiary/aromatic N) is 2. The van der Waals surface area contributed by atoms with Crippen LogP contribution in [0.4, 0.5) is 0 Å². The summed E-state index contributed by atoms with van der Waals surface area (Å²) < 4.78 is 5.14. The van der Waals surface area contributed by atoms with Crippen LogP contribution < -0.4 is 5.63 Å². The van der Waals surface area contributed by atoms with Crippen LogP contribution in [0.15, 0.2) is 51.8 Å². The summed E-state index contributed by atoms with van der Waals surface area (Å²) in [7, 11) is 0. The third-order valence-electron chi connectivity index (χ3n) is 2.49. The van der Waals surface area contributed by atoms with Gasteiger partial charge in [0, 0.05) is 6.20 Å². The van der Waals surface area contributed by atoms with Crippen LogP contribution in [0, 0.1) is 0 Å². The van der Waals surface area contributed by atoms with Crippen LogP contribution in [0.2, 0.25) is 5.02 Å². The maximum atomic E-state index is 11.9. The third kappa shape index (κ3) is 1.76. The fourth-order valence-corrected chi connectivity index (χ4v) is 1.92. The van der Waals surface area contributed by atoms with Crippen LogP contribution in [0.25, 0.3) is 22.5 Å². The maximum Gasteiger partial charge on any atom is 0.348 e. The van der Waals surface area contributed by atoms with E-state index in [1.165, 1.54) is 0 Å². The van der Waals surface area contributed by atoms with E-state index < -0.39 is 5.63 Å². The van der Waals surface area contributed by atoms with Crippen molar-refractivity contribution in [2.24, 2.45) is 0 Å². The number of hydrogen-bond acceptors (Lipinski definition) is 4. The summed E-state index contributed by atoms with van der Waals surface area (Å²) in [6.07, 6.45) is 1.61. The van der Waals surface area contributed by atoms with Crippen LogP contribution in [-0.4, -0.2) is 9.97 Å². The molecule has 0 unspecified atom stereocenters. The monoisotopic (exact) mass is 258 g/mol. The van der Waals surface area contributed by atoms with E-state index in [2.05, 4.69) is 9.97 Å². The zero-order chi connectivity index (χ0) is 12.5. The molecule has 3 rings (SSSR count). The molecule has 1 aromatic carbocycles. The van der Waals surface area contributed by atoms with E-state index in [4.69, 9.17) is 16.0 Å². The van der Waals surface area contributed by atoms with Gasteiger partial charge in [0.05, 0.1) is 10.5 Å². The molecule has 0 N–H and O–H groups in total. The number of aromatic nitrogens is 2. The average molecular weight is 259 g/mol. The Labute approximate surface area is 107 Å². The SMILES string of the molecule is O=c1oc(-c2ccccn2)nc2cccc(Cl)c12. The van der Waals surface area contributed by atoms with Crippen LogP contribution >= 0.6 is 11.6 Å². The molecule has 0 bridgehead atoms. The number of hydrogen-bond donors (Lipinski definition) is 0. The predicted octanol–water partition coefficient (Wildman–Crippen LogP) is 2.90. The Kier molecular flexibility index (Phi) is 2.57. The van der Waals surface area contributed by atoms with E-state index in [0.29, 0.717) is 21.6 Å². The molecule has 0 amide bonds. The molecule has 0 aliphatic heterocycles. The lowest BCUT2D eigenvalue weighted by molar-refractivity contribution is 0.516. The summed E-state index contributed by atoms with van der Waals surface area (Å²) in [5.41, 5.74) is 0.502. The first-order valence-corrected chi connectivity index (χ1v) is 5.64. The highest BCUT2D eigenvalue weighted by molar-refractivity contribution is 6.35. The van der Waals surface area contributed by atoms with Crippen molar-refractivity contribution in [3.8, 4) is 11.6 Å². The standard InChI is InChI=1S/C13H7ClN2O2/c14-8-4-3-6-9-11(8)13(17)18-12(16-9)10-5-1-2-7-15-10/h1-7H. The molecule has 0 atom stereocenters. The molecular weight excluding hydrogens is 252 g/mol. The second kappa shape index (κ2) is 4.23. The van der Waals surface area contributed by atoms with Gasteiger partial charge < -0.3 is 4.42 Å². The number of pyridine rings is 1. The number of halogens is 1. The minimum absolute atomic E-state index is 0.190. The predicted molar refractivity (Wildman–Crippen MR) is 68.5 cm³/mol. The Balaban J connectivity index is 2.33. The van der Waals surface area contributed by atoms with E-state index >= 15 is 0 Å².